The summed E-state index contributed by atoms with van der Waals surface area (Å²) in [7, 11) is 3.46. The van der Waals surface area contributed by atoms with Gasteiger partial charge in [0.2, 0.25) is 12.7 Å². The molecule has 1 aromatic heterocycles. The first-order valence-electron chi connectivity index (χ1n) is 19.6. The van der Waals surface area contributed by atoms with Gasteiger partial charge in [0, 0.05) is 65.3 Å². The SMILES string of the molecule is COc1c(C)cc2c(c1O)[C@@H]1C3Cc4c(OC(C)=O)c(C)c5c(c4[C@H](CNC(=O)[C@H](Cc4c[nH]c6ccccc46)NC(=O)OC(C)(C)C)N3[C@@H](O)[C@H](C2)N1C)OCO5. The number of piperazine rings is 1. The number of alkyl carbamates (subject to hydrolysis) is 1. The quantitative estimate of drug-likeness (QED) is 0.124. The lowest BCUT2D eigenvalue weighted by Gasteiger charge is -2.60. The number of phenols is 1. The highest BCUT2D eigenvalue weighted by atomic mass is 16.7. The maximum absolute atomic E-state index is 14.5. The van der Waals surface area contributed by atoms with Crippen molar-refractivity contribution in [2.75, 3.05) is 27.5 Å². The van der Waals surface area contributed by atoms with Crippen molar-refractivity contribution in [3.8, 4) is 28.7 Å². The van der Waals surface area contributed by atoms with E-state index in [1.807, 2.05) is 55.4 Å². The van der Waals surface area contributed by atoms with Crippen molar-refractivity contribution >= 4 is 28.9 Å². The Morgan fingerprint density at radius 2 is 1.79 bits per heavy atom. The number of aromatic amines is 1. The lowest BCUT2D eigenvalue weighted by Crippen LogP contribution is -2.69. The molecule has 5 N–H and O–H groups in total. The number of carbonyl (C=O) groups excluding carboxylic acids is 3. The smallest absolute Gasteiger partial charge is 0.408 e. The Kier molecular flexibility index (Phi) is 9.97. The molecule has 1 saturated heterocycles. The number of hydrogen-bond acceptors (Lipinski definition) is 12. The molecule has 58 heavy (non-hydrogen) atoms. The molecule has 0 saturated carbocycles. The highest BCUT2D eigenvalue weighted by Crippen LogP contribution is 2.58. The number of aliphatic hydroxyl groups excluding tert-OH is 1. The molecule has 15 nitrogen and oxygen atoms in total. The van der Waals surface area contributed by atoms with E-state index in [0.29, 0.717) is 51.7 Å². The molecule has 5 heterocycles. The number of esters is 1. The second-order valence-electron chi connectivity index (χ2n) is 16.7. The third-order valence-corrected chi connectivity index (χ3v) is 11.9. The van der Waals surface area contributed by atoms with Gasteiger partial charge < -0.3 is 49.5 Å². The fourth-order valence-corrected chi connectivity index (χ4v) is 9.62. The van der Waals surface area contributed by atoms with Gasteiger partial charge in [-0.1, -0.05) is 24.3 Å². The topological polar surface area (TPSA) is 184 Å². The Bertz CT molecular complexity index is 2320. The fourth-order valence-electron chi connectivity index (χ4n) is 9.62. The van der Waals surface area contributed by atoms with Crippen molar-refractivity contribution in [1.29, 1.82) is 0 Å². The standard InChI is InChI=1S/C43H51N5O10/c1-20-13-23-15-30-41(52)48-29(34(47(30)7)32(23)35(50)36(20)54-8)16-26-33(39-38(55-19-56-39)21(2)37(26)57-22(3)49)31(48)18-45-40(51)28(46-42(53)58-43(4,5)6)14-24-17-44-27-12-10-9-11-25(24)27/h9-13,17,28-31,34,41,44,50,52H,14-16,18-19H2,1-8H3,(H,45,51)(H,46,53)/t28-,29?,30-,31-,34-,41-/m0/s1. The highest BCUT2D eigenvalue weighted by Gasteiger charge is 2.56. The number of benzene rings is 3. The lowest BCUT2D eigenvalue weighted by atomic mass is 9.73. The largest absolute Gasteiger partial charge is 0.504 e. The third-order valence-electron chi connectivity index (χ3n) is 11.9. The first-order chi connectivity index (χ1) is 27.6. The molecule has 4 aliphatic rings. The third kappa shape index (κ3) is 6.64. The summed E-state index contributed by atoms with van der Waals surface area (Å²) in [5, 5.41) is 31.1. The Hall–Kier alpha value is -5.51. The van der Waals surface area contributed by atoms with Crippen LogP contribution in [0.15, 0.2) is 36.5 Å². The molecular weight excluding hydrogens is 746 g/mol. The summed E-state index contributed by atoms with van der Waals surface area (Å²) < 4.78 is 29.3. The Labute approximate surface area is 336 Å². The summed E-state index contributed by atoms with van der Waals surface area (Å²) >= 11 is 0. The van der Waals surface area contributed by atoms with Gasteiger partial charge in [0.15, 0.2) is 23.0 Å². The number of ether oxygens (including phenoxy) is 5. The number of rotatable bonds is 8. The van der Waals surface area contributed by atoms with Crippen LogP contribution >= 0.6 is 0 Å². The molecule has 1 fully saturated rings. The van der Waals surface area contributed by atoms with Crippen molar-refractivity contribution in [3.63, 3.8) is 0 Å². The first-order valence-corrected chi connectivity index (χ1v) is 19.6. The van der Waals surface area contributed by atoms with Crippen LogP contribution in [0.4, 0.5) is 4.79 Å². The van der Waals surface area contributed by atoms with E-state index in [4.69, 9.17) is 23.7 Å². The molecule has 4 aromatic rings. The van der Waals surface area contributed by atoms with E-state index in [1.54, 1.807) is 27.7 Å². The van der Waals surface area contributed by atoms with Crippen LogP contribution in [0.25, 0.3) is 10.9 Å². The van der Waals surface area contributed by atoms with E-state index < -0.39 is 60.0 Å². The highest BCUT2D eigenvalue weighted by molar-refractivity contribution is 5.88. The molecule has 2 bridgehead atoms. The van der Waals surface area contributed by atoms with Crippen LogP contribution in [-0.2, 0) is 33.6 Å². The number of para-hydroxylation sites is 1. The van der Waals surface area contributed by atoms with Crippen LogP contribution < -0.4 is 29.6 Å². The number of carbonyl (C=O) groups is 3. The minimum Gasteiger partial charge on any atom is -0.504 e. The molecule has 0 radical (unpaired) electrons. The Morgan fingerprint density at radius 1 is 1.05 bits per heavy atom. The molecule has 2 amide bonds. The van der Waals surface area contributed by atoms with Gasteiger partial charge in [-0.2, -0.15) is 0 Å². The minimum absolute atomic E-state index is 0.0372. The molecule has 15 heteroatoms. The predicted octanol–water partition coefficient (Wildman–Crippen LogP) is 4.60. The summed E-state index contributed by atoms with van der Waals surface area (Å²) in [5.74, 6) is 0.602. The van der Waals surface area contributed by atoms with E-state index in [-0.39, 0.29) is 31.9 Å². The maximum Gasteiger partial charge on any atom is 0.408 e. The van der Waals surface area contributed by atoms with Gasteiger partial charge in [-0.05, 0) is 77.3 Å². The number of aryl methyl sites for hydroxylation is 1. The number of H-pyrrole nitrogens is 1. The number of nitrogens with zero attached hydrogens (tertiary/aromatic N) is 2. The number of aromatic hydroxyl groups is 1. The lowest BCUT2D eigenvalue weighted by molar-refractivity contribution is -0.172. The van der Waals surface area contributed by atoms with Crippen LogP contribution in [-0.4, -0.2) is 100 Å². The molecular formula is C43H51N5O10. The summed E-state index contributed by atoms with van der Waals surface area (Å²) in [6, 6.07) is 6.58. The summed E-state index contributed by atoms with van der Waals surface area (Å²) in [4.78, 5) is 47.7. The van der Waals surface area contributed by atoms with Gasteiger partial charge in [0.05, 0.1) is 25.2 Å². The van der Waals surface area contributed by atoms with E-state index in [2.05, 4.69) is 20.5 Å². The number of likely N-dealkylation sites (N-methyl/N-ethyl adjacent to an activating group) is 1. The molecule has 6 atom stereocenters. The Morgan fingerprint density at radius 3 is 2.52 bits per heavy atom. The average Bonchev–Trinajstić information content (AvgIpc) is 3.81. The second-order valence-corrected chi connectivity index (χ2v) is 16.7. The van der Waals surface area contributed by atoms with Crippen LogP contribution in [0.5, 0.6) is 28.7 Å². The van der Waals surface area contributed by atoms with Crippen LogP contribution in [0.3, 0.4) is 0 Å². The van der Waals surface area contributed by atoms with E-state index in [9.17, 15) is 24.6 Å². The van der Waals surface area contributed by atoms with Crippen molar-refractivity contribution in [1.82, 2.24) is 25.4 Å². The normalized spacial score (nSPS) is 22.7. The molecule has 4 aliphatic heterocycles. The number of nitrogens with one attached hydrogen (secondary N) is 3. The van der Waals surface area contributed by atoms with Gasteiger partial charge in [-0.15, -0.1) is 0 Å². The zero-order chi connectivity index (χ0) is 41.4. The van der Waals surface area contributed by atoms with Crippen LogP contribution in [0.1, 0.15) is 78.7 Å². The zero-order valence-corrected chi connectivity index (χ0v) is 34.0. The Balaban J connectivity index is 1.22. The maximum atomic E-state index is 14.5. The molecule has 0 spiro atoms. The molecule has 8 rings (SSSR count). The van der Waals surface area contributed by atoms with Crippen molar-refractivity contribution in [3.05, 3.63) is 75.5 Å². The molecule has 308 valence electrons. The number of aromatic nitrogens is 1. The van der Waals surface area contributed by atoms with Crippen molar-refractivity contribution in [2.45, 2.75) is 103 Å². The summed E-state index contributed by atoms with van der Waals surface area (Å²) in [6.45, 7) is 10.2. The predicted molar refractivity (Wildman–Crippen MR) is 212 cm³/mol. The first kappa shape index (κ1) is 39.3. The van der Waals surface area contributed by atoms with E-state index >= 15 is 0 Å². The van der Waals surface area contributed by atoms with Crippen molar-refractivity contribution < 1.29 is 48.3 Å². The molecule has 1 unspecified atom stereocenters. The average molecular weight is 798 g/mol. The number of phenolic OH excluding ortho intramolecular Hbond substituents is 1. The van der Waals surface area contributed by atoms with E-state index in [0.717, 1.165) is 27.6 Å². The number of hydrogen-bond donors (Lipinski definition) is 5. The second kappa shape index (κ2) is 14.7. The van der Waals surface area contributed by atoms with Gasteiger partial charge in [0.25, 0.3) is 0 Å². The van der Waals surface area contributed by atoms with Crippen LogP contribution in [0, 0.1) is 13.8 Å². The number of amides is 2. The minimum atomic E-state index is -1.05. The zero-order valence-electron chi connectivity index (χ0n) is 34.0. The monoisotopic (exact) mass is 797 g/mol. The number of fused-ring (bicyclic) bond motifs is 10. The van der Waals surface area contributed by atoms with Gasteiger partial charge >= 0.3 is 12.1 Å². The van der Waals surface area contributed by atoms with E-state index in [1.165, 1.54) is 14.0 Å². The van der Waals surface area contributed by atoms with Gasteiger partial charge in [-0.3, -0.25) is 19.4 Å². The van der Waals surface area contributed by atoms with Gasteiger partial charge in [-0.25, -0.2) is 4.79 Å². The summed E-state index contributed by atoms with van der Waals surface area (Å²) in [5.41, 5.74) is 5.17. The number of aliphatic hydroxyl groups is 1. The fraction of sp³-hybridized carbons (Fsp3) is 0.465. The van der Waals surface area contributed by atoms with Crippen LogP contribution in [0.2, 0.25) is 0 Å². The molecule has 0 aliphatic carbocycles. The summed E-state index contributed by atoms with van der Waals surface area (Å²) in [6.07, 6.45) is 0.918. The van der Waals surface area contributed by atoms with Crippen molar-refractivity contribution in [2.24, 2.45) is 0 Å². The number of methoxy groups -OCH3 is 1. The van der Waals surface area contributed by atoms with Gasteiger partial charge in [0.1, 0.15) is 23.6 Å². The molecule has 3 aromatic carbocycles.